The summed E-state index contributed by atoms with van der Waals surface area (Å²) in [7, 11) is 2.10. The molecule has 3 N–H and O–H groups in total. The van der Waals surface area contributed by atoms with Crippen molar-refractivity contribution >= 4 is 51.0 Å². The van der Waals surface area contributed by atoms with E-state index in [-0.39, 0.29) is 0 Å². The Balaban J connectivity index is 1.45. The third-order valence-corrected chi connectivity index (χ3v) is 10.4. The molecule has 6 aromatic rings. The van der Waals surface area contributed by atoms with Crippen LogP contribution in [0.4, 0.5) is 5.69 Å². The van der Waals surface area contributed by atoms with Crippen molar-refractivity contribution in [2.24, 2.45) is 7.05 Å². The van der Waals surface area contributed by atoms with Crippen molar-refractivity contribution in [3.8, 4) is 6.07 Å². The van der Waals surface area contributed by atoms with E-state index in [1.165, 1.54) is 48.9 Å². The van der Waals surface area contributed by atoms with Crippen LogP contribution in [0.3, 0.4) is 0 Å². The summed E-state index contributed by atoms with van der Waals surface area (Å²) in [6.07, 6.45) is 5.01. The minimum absolute atomic E-state index is 0.687. The summed E-state index contributed by atoms with van der Waals surface area (Å²) >= 11 is 3.49. The van der Waals surface area contributed by atoms with Gasteiger partial charge in [0.2, 0.25) is 0 Å². The van der Waals surface area contributed by atoms with Gasteiger partial charge in [0, 0.05) is 72.4 Å². The van der Waals surface area contributed by atoms with Crippen LogP contribution in [-0.4, -0.2) is 9.55 Å². The van der Waals surface area contributed by atoms with E-state index < -0.39 is 0 Å². The third-order valence-electron chi connectivity index (χ3n) is 8.11. The lowest BCUT2D eigenvalue weighted by Crippen LogP contribution is -2.09. The number of nitriles is 1. The minimum atomic E-state index is 0.687. The molecule has 0 unspecified atom stereocenters. The number of anilines is 1. The number of nitrogens with two attached hydrogens (primary N) is 1. The summed E-state index contributed by atoms with van der Waals surface area (Å²) < 4.78 is 2.19. The van der Waals surface area contributed by atoms with Crippen molar-refractivity contribution in [1.82, 2.24) is 9.55 Å². The first-order chi connectivity index (χ1) is 20.3. The summed E-state index contributed by atoms with van der Waals surface area (Å²) in [4.78, 5) is 7.93. The number of fused-ring (bicyclic) bond motifs is 2. The van der Waals surface area contributed by atoms with Gasteiger partial charge in [-0.3, -0.25) is 0 Å². The lowest BCUT2D eigenvalue weighted by atomic mass is 9.86. The predicted octanol–water partition coefficient (Wildman–Crippen LogP) is 9.59. The van der Waals surface area contributed by atoms with Crippen LogP contribution in [0, 0.1) is 31.1 Å². The molecule has 2 aromatic heterocycles. The van der Waals surface area contributed by atoms with Gasteiger partial charge in [-0.05, 0) is 72.4 Å². The number of nitrogens with one attached hydrogen (secondary N) is 1. The van der Waals surface area contributed by atoms with E-state index >= 15 is 0 Å². The number of hydrogen-bond acceptors (Lipinski definition) is 4. The monoisotopic (exact) mass is 585 g/mol. The van der Waals surface area contributed by atoms with Crippen LogP contribution in [0.5, 0.6) is 0 Å². The Morgan fingerprint density at radius 3 is 2.45 bits per heavy atom. The lowest BCUT2D eigenvalue weighted by molar-refractivity contribution is 0.957. The third kappa shape index (κ3) is 4.87. The largest absolute Gasteiger partial charge is 0.398 e. The van der Waals surface area contributed by atoms with Crippen molar-refractivity contribution in [3.63, 3.8) is 0 Å². The molecule has 4 nitrogen and oxygen atoms in total. The number of nitrogen functional groups attached to an aromatic ring is 1. The van der Waals surface area contributed by atoms with Gasteiger partial charge in [0.15, 0.2) is 0 Å². The van der Waals surface area contributed by atoms with Crippen LogP contribution in [-0.2, 0) is 13.5 Å². The highest BCUT2D eigenvalue weighted by atomic mass is 32.2. The molecule has 4 aromatic carbocycles. The molecule has 6 rings (SSSR count). The topological polar surface area (TPSA) is 70.5 Å². The average Bonchev–Trinajstić information content (AvgIpc) is 3.55. The van der Waals surface area contributed by atoms with Gasteiger partial charge in [0.05, 0.1) is 11.6 Å². The molecule has 0 saturated carbocycles. The smallest absolute Gasteiger partial charge is 0.0999 e. The number of benzene rings is 4. The minimum Gasteiger partial charge on any atom is -0.398 e. The standard InChI is InChI=1S/C36H33N4S2/c1-21(2)33-27(22(3)23(4)35(38)36(33)42-32-20-40(5)29-15-8-7-13-26(29)32)17-24-11-6-9-16-30(24)41-31-19-39-28-14-10-12-25(18-37)34(28)31/h6-16,19-20,39H,17,38H2,1-5H3. The zero-order chi connectivity index (χ0) is 29.5. The van der Waals surface area contributed by atoms with Crippen LogP contribution >= 0.6 is 23.5 Å². The number of rotatable bonds is 7. The Kier molecular flexibility index (Phi) is 7.57. The predicted molar refractivity (Wildman–Crippen MR) is 177 cm³/mol. The molecule has 6 heteroatoms. The second kappa shape index (κ2) is 11.3. The highest BCUT2D eigenvalue weighted by Gasteiger charge is 2.24. The normalized spacial score (nSPS) is 11.5. The maximum absolute atomic E-state index is 9.76. The summed E-state index contributed by atoms with van der Waals surface area (Å²) in [6, 6.07) is 25.3. The molecule has 0 aliphatic heterocycles. The zero-order valence-corrected chi connectivity index (χ0v) is 26.1. The molecule has 2 heterocycles. The molecule has 0 bridgehead atoms. The Hall–Kier alpha value is -4.05. The lowest BCUT2D eigenvalue weighted by Gasteiger charge is -2.24. The van der Waals surface area contributed by atoms with Gasteiger partial charge in [-0.1, -0.05) is 79.8 Å². The Morgan fingerprint density at radius 1 is 0.905 bits per heavy atom. The van der Waals surface area contributed by atoms with Gasteiger partial charge >= 0.3 is 0 Å². The number of aromatic nitrogens is 2. The number of para-hydroxylation sites is 1. The van der Waals surface area contributed by atoms with Crippen LogP contribution in [0.25, 0.3) is 21.8 Å². The molecule has 209 valence electrons. The Morgan fingerprint density at radius 2 is 1.67 bits per heavy atom. The van der Waals surface area contributed by atoms with E-state index in [1.54, 1.807) is 23.5 Å². The molecule has 0 aliphatic rings. The number of aromatic amines is 1. The van der Waals surface area contributed by atoms with Crippen LogP contribution < -0.4 is 5.73 Å². The van der Waals surface area contributed by atoms with Crippen LogP contribution in [0.2, 0.25) is 0 Å². The first-order valence-electron chi connectivity index (χ1n) is 14.0. The van der Waals surface area contributed by atoms with Gasteiger partial charge in [0.25, 0.3) is 0 Å². The quantitative estimate of drug-likeness (QED) is 0.183. The maximum atomic E-state index is 9.76. The maximum Gasteiger partial charge on any atom is 0.0999 e. The van der Waals surface area contributed by atoms with E-state index in [0.29, 0.717) is 5.56 Å². The summed E-state index contributed by atoms with van der Waals surface area (Å²) in [6.45, 7) is 8.73. The fourth-order valence-corrected chi connectivity index (χ4v) is 8.30. The van der Waals surface area contributed by atoms with E-state index in [9.17, 15) is 5.26 Å². The molecule has 1 radical (unpaired) electrons. The SMILES string of the molecule is C[C](C)c1c(Cc2ccccc2Sc2c[nH]c3cccc(C#N)c23)c(C)c(C)c(N)c1Sc1cn(C)c2ccccc12. The van der Waals surface area contributed by atoms with E-state index in [1.807, 2.05) is 24.4 Å². The second-order valence-corrected chi connectivity index (χ2v) is 13.1. The summed E-state index contributed by atoms with van der Waals surface area (Å²) in [5, 5.41) is 12.0. The Labute approximate surface area is 255 Å². The summed E-state index contributed by atoms with van der Waals surface area (Å²) in [5.74, 6) is 1.25. The van der Waals surface area contributed by atoms with Gasteiger partial charge in [-0.15, -0.1) is 0 Å². The molecule has 0 aliphatic carbocycles. The van der Waals surface area contributed by atoms with Gasteiger partial charge < -0.3 is 15.3 Å². The number of H-pyrrole nitrogens is 1. The molecule has 42 heavy (non-hydrogen) atoms. The van der Waals surface area contributed by atoms with Crippen molar-refractivity contribution in [1.29, 1.82) is 5.26 Å². The molecule has 0 fully saturated rings. The van der Waals surface area contributed by atoms with Crippen LogP contribution in [0.15, 0.2) is 98.7 Å². The number of nitrogens with zero attached hydrogens (tertiary/aromatic N) is 2. The Bertz CT molecular complexity index is 2010. The molecular weight excluding hydrogens is 553 g/mol. The highest BCUT2D eigenvalue weighted by Crippen LogP contribution is 2.46. The number of hydrogen-bond donors (Lipinski definition) is 2. The zero-order valence-electron chi connectivity index (χ0n) is 24.5. The first kappa shape index (κ1) is 28.1. The highest BCUT2D eigenvalue weighted by molar-refractivity contribution is 8.00. The summed E-state index contributed by atoms with van der Waals surface area (Å²) in [5.41, 5.74) is 16.8. The second-order valence-electron chi connectivity index (χ2n) is 10.9. The van der Waals surface area contributed by atoms with Crippen molar-refractivity contribution in [2.45, 2.75) is 53.7 Å². The van der Waals surface area contributed by atoms with E-state index in [0.717, 1.165) is 38.4 Å². The fourth-order valence-electron chi connectivity index (χ4n) is 5.80. The van der Waals surface area contributed by atoms with E-state index in [2.05, 4.69) is 105 Å². The molecular formula is C36H33N4S2. The van der Waals surface area contributed by atoms with Gasteiger partial charge in [0.1, 0.15) is 0 Å². The molecule has 0 amide bonds. The number of aryl methyl sites for hydroxylation is 1. The molecule has 0 saturated heterocycles. The van der Waals surface area contributed by atoms with Crippen molar-refractivity contribution in [3.05, 3.63) is 118 Å². The van der Waals surface area contributed by atoms with Crippen molar-refractivity contribution in [2.75, 3.05) is 5.73 Å². The first-order valence-corrected chi connectivity index (χ1v) is 15.6. The fraction of sp³-hybridized carbons (Fsp3) is 0.167. The average molecular weight is 586 g/mol. The van der Waals surface area contributed by atoms with Crippen molar-refractivity contribution < 1.29 is 0 Å². The van der Waals surface area contributed by atoms with E-state index in [4.69, 9.17) is 5.73 Å². The van der Waals surface area contributed by atoms with Gasteiger partial charge in [-0.25, -0.2) is 0 Å². The van der Waals surface area contributed by atoms with Crippen LogP contribution in [0.1, 0.15) is 47.2 Å². The van der Waals surface area contributed by atoms with Gasteiger partial charge in [-0.2, -0.15) is 5.26 Å². The molecule has 0 spiro atoms. The molecule has 0 atom stereocenters.